The zero-order valence-electron chi connectivity index (χ0n) is 22.6. The van der Waals surface area contributed by atoms with E-state index in [0.717, 1.165) is 11.1 Å². The van der Waals surface area contributed by atoms with Crippen LogP contribution in [0.25, 0.3) is 12.2 Å². The molecule has 0 aliphatic rings. The molecule has 7 heteroatoms. The van der Waals surface area contributed by atoms with Gasteiger partial charge in [-0.3, -0.25) is 9.59 Å². The molecule has 37 heavy (non-hydrogen) atoms. The summed E-state index contributed by atoms with van der Waals surface area (Å²) in [5.74, 6) is 1.37. The largest absolute Gasteiger partial charge is 0.493 e. The highest BCUT2D eigenvalue weighted by atomic mass is 16.5. The minimum Gasteiger partial charge on any atom is -0.493 e. The molecule has 0 radical (unpaired) electrons. The van der Waals surface area contributed by atoms with Gasteiger partial charge in [0.05, 0.1) is 34.4 Å². The summed E-state index contributed by atoms with van der Waals surface area (Å²) in [6.07, 6.45) is 6.82. The standard InChI is InChI=1S/C30H37NO6/c1-8-31(9-2)30(33)20-24(21(3)10-11-22-13-16-26(34-4)28(18-22)36-6)25(32)15-12-23-14-17-27(35-5)29(19-23)37-7/h10-19,24H,3,8-9,20H2,1-2,4-7H3/b11-10+,15-12+. The van der Waals surface area contributed by atoms with Gasteiger partial charge in [0.15, 0.2) is 28.8 Å². The number of benzene rings is 2. The average Bonchev–Trinajstić information content (AvgIpc) is 2.93. The molecule has 0 aliphatic carbocycles. The molecule has 7 nitrogen and oxygen atoms in total. The maximum Gasteiger partial charge on any atom is 0.223 e. The molecule has 1 atom stereocenters. The van der Waals surface area contributed by atoms with E-state index in [0.29, 0.717) is 41.7 Å². The molecule has 0 aromatic heterocycles. The minimum absolute atomic E-state index is 0.0336. The van der Waals surface area contributed by atoms with Crippen LogP contribution in [0.2, 0.25) is 0 Å². The van der Waals surface area contributed by atoms with Crippen LogP contribution >= 0.6 is 0 Å². The number of hydrogen-bond donors (Lipinski definition) is 0. The van der Waals surface area contributed by atoms with Gasteiger partial charge < -0.3 is 23.8 Å². The zero-order chi connectivity index (χ0) is 27.4. The van der Waals surface area contributed by atoms with E-state index in [4.69, 9.17) is 18.9 Å². The Morgan fingerprint density at radius 3 is 1.68 bits per heavy atom. The fraction of sp³-hybridized carbons (Fsp3) is 0.333. The van der Waals surface area contributed by atoms with Gasteiger partial charge in [0.25, 0.3) is 0 Å². The Labute approximate surface area is 220 Å². The molecule has 2 aromatic carbocycles. The van der Waals surface area contributed by atoms with Gasteiger partial charge in [-0.25, -0.2) is 0 Å². The highest BCUT2D eigenvalue weighted by Gasteiger charge is 2.24. The van der Waals surface area contributed by atoms with Crippen LogP contribution in [0.3, 0.4) is 0 Å². The highest BCUT2D eigenvalue weighted by molar-refractivity contribution is 6.00. The number of nitrogens with zero attached hydrogens (tertiary/aromatic N) is 1. The summed E-state index contributed by atoms with van der Waals surface area (Å²) in [7, 11) is 6.27. The number of carbonyl (C=O) groups excluding carboxylic acids is 2. The van der Waals surface area contributed by atoms with Crippen LogP contribution in [-0.2, 0) is 9.59 Å². The monoisotopic (exact) mass is 507 g/mol. The van der Waals surface area contributed by atoms with Gasteiger partial charge in [0.2, 0.25) is 5.91 Å². The van der Waals surface area contributed by atoms with Gasteiger partial charge in [0.1, 0.15) is 0 Å². The average molecular weight is 508 g/mol. The number of carbonyl (C=O) groups is 2. The third-order valence-electron chi connectivity index (χ3n) is 6.03. The van der Waals surface area contributed by atoms with E-state index in [2.05, 4.69) is 6.58 Å². The summed E-state index contributed by atoms with van der Waals surface area (Å²) in [5.41, 5.74) is 2.16. The maximum atomic E-state index is 13.3. The number of ether oxygens (including phenoxy) is 4. The SMILES string of the molecule is C=C(/C=C/c1ccc(OC)c(OC)c1)C(CC(=O)N(CC)CC)C(=O)/C=C/c1ccc(OC)c(OC)c1. The summed E-state index contributed by atoms with van der Waals surface area (Å²) < 4.78 is 21.3. The van der Waals surface area contributed by atoms with Crippen molar-refractivity contribution < 1.29 is 28.5 Å². The van der Waals surface area contributed by atoms with Gasteiger partial charge in [-0.15, -0.1) is 0 Å². The van der Waals surface area contributed by atoms with Crippen LogP contribution < -0.4 is 18.9 Å². The summed E-state index contributed by atoms with van der Waals surface area (Å²) in [5, 5.41) is 0. The van der Waals surface area contributed by atoms with E-state index in [9.17, 15) is 9.59 Å². The maximum absolute atomic E-state index is 13.3. The lowest BCUT2D eigenvalue weighted by molar-refractivity contribution is -0.133. The van der Waals surface area contributed by atoms with Crippen LogP contribution in [0.5, 0.6) is 23.0 Å². The first-order valence-corrected chi connectivity index (χ1v) is 12.1. The van der Waals surface area contributed by atoms with Gasteiger partial charge in [-0.05, 0) is 60.9 Å². The molecule has 0 spiro atoms. The van der Waals surface area contributed by atoms with Crippen LogP contribution in [0.1, 0.15) is 31.4 Å². The van der Waals surface area contributed by atoms with E-state index in [1.54, 1.807) is 63.7 Å². The normalized spacial score (nSPS) is 11.8. The van der Waals surface area contributed by atoms with Crippen LogP contribution in [0.15, 0.2) is 60.7 Å². The summed E-state index contributed by atoms with van der Waals surface area (Å²) in [6, 6.07) is 10.9. The fourth-order valence-corrected chi connectivity index (χ4v) is 3.82. The highest BCUT2D eigenvalue weighted by Crippen LogP contribution is 2.30. The second-order valence-corrected chi connectivity index (χ2v) is 8.20. The molecule has 0 fully saturated rings. The van der Waals surface area contributed by atoms with Crippen molar-refractivity contribution in [2.45, 2.75) is 20.3 Å². The lowest BCUT2D eigenvalue weighted by Crippen LogP contribution is -2.33. The number of ketones is 1. The number of allylic oxidation sites excluding steroid dienone is 3. The second kappa shape index (κ2) is 14.5. The molecule has 2 rings (SSSR count). The first-order valence-electron chi connectivity index (χ1n) is 12.1. The number of amides is 1. The van der Waals surface area contributed by atoms with Crippen LogP contribution in [0.4, 0.5) is 0 Å². The predicted molar refractivity (Wildman–Crippen MR) is 147 cm³/mol. The molecule has 0 bridgehead atoms. The third kappa shape index (κ3) is 8.00. The topological polar surface area (TPSA) is 74.3 Å². The molecule has 0 saturated carbocycles. The smallest absolute Gasteiger partial charge is 0.223 e. The molecule has 0 saturated heterocycles. The first kappa shape index (κ1) is 29.2. The van der Waals surface area contributed by atoms with Crippen molar-refractivity contribution >= 4 is 23.8 Å². The van der Waals surface area contributed by atoms with E-state index in [1.807, 2.05) is 38.1 Å². The van der Waals surface area contributed by atoms with Gasteiger partial charge >= 0.3 is 0 Å². The van der Waals surface area contributed by atoms with Crippen molar-refractivity contribution in [3.63, 3.8) is 0 Å². The Morgan fingerprint density at radius 1 is 0.784 bits per heavy atom. The van der Waals surface area contributed by atoms with Crippen molar-refractivity contribution in [2.24, 2.45) is 5.92 Å². The number of methoxy groups -OCH3 is 4. The minimum atomic E-state index is -0.708. The summed E-state index contributed by atoms with van der Waals surface area (Å²) in [4.78, 5) is 27.9. The van der Waals surface area contributed by atoms with Crippen molar-refractivity contribution in [3.8, 4) is 23.0 Å². The molecular weight excluding hydrogens is 470 g/mol. The predicted octanol–water partition coefficient (Wildman–Crippen LogP) is 5.45. The molecule has 1 unspecified atom stereocenters. The first-order chi connectivity index (χ1) is 17.8. The Bertz CT molecular complexity index is 1070. The molecule has 198 valence electrons. The molecule has 0 aliphatic heterocycles. The number of hydrogen-bond acceptors (Lipinski definition) is 6. The lowest BCUT2D eigenvalue weighted by Gasteiger charge is -2.22. The van der Waals surface area contributed by atoms with E-state index < -0.39 is 5.92 Å². The third-order valence-corrected chi connectivity index (χ3v) is 6.03. The summed E-state index contributed by atoms with van der Waals surface area (Å²) >= 11 is 0. The molecule has 0 heterocycles. The Kier molecular flexibility index (Phi) is 11.5. The zero-order valence-corrected chi connectivity index (χ0v) is 22.6. The van der Waals surface area contributed by atoms with Crippen LogP contribution in [0, 0.1) is 5.92 Å². The van der Waals surface area contributed by atoms with Gasteiger partial charge in [0, 0.05) is 19.5 Å². The molecule has 0 N–H and O–H groups in total. The Hall–Kier alpha value is -4.00. The van der Waals surface area contributed by atoms with Gasteiger partial charge in [-0.1, -0.05) is 36.9 Å². The van der Waals surface area contributed by atoms with E-state index >= 15 is 0 Å². The Balaban J connectivity index is 2.31. The Morgan fingerprint density at radius 2 is 1.24 bits per heavy atom. The number of rotatable bonds is 14. The van der Waals surface area contributed by atoms with E-state index in [-0.39, 0.29) is 18.1 Å². The fourth-order valence-electron chi connectivity index (χ4n) is 3.82. The van der Waals surface area contributed by atoms with Crippen molar-refractivity contribution in [1.29, 1.82) is 0 Å². The van der Waals surface area contributed by atoms with Gasteiger partial charge in [-0.2, -0.15) is 0 Å². The van der Waals surface area contributed by atoms with Crippen LogP contribution in [-0.4, -0.2) is 58.1 Å². The van der Waals surface area contributed by atoms with Crippen molar-refractivity contribution in [3.05, 3.63) is 71.8 Å². The van der Waals surface area contributed by atoms with Crippen molar-refractivity contribution in [1.82, 2.24) is 4.90 Å². The molecule has 1 amide bonds. The molecule has 2 aromatic rings. The summed E-state index contributed by atoms with van der Waals surface area (Å²) in [6.45, 7) is 9.12. The quantitative estimate of drug-likeness (QED) is 0.250. The molecular formula is C30H37NO6. The van der Waals surface area contributed by atoms with E-state index in [1.165, 1.54) is 6.08 Å². The second-order valence-electron chi connectivity index (χ2n) is 8.20. The lowest BCUT2D eigenvalue weighted by atomic mass is 9.90. The van der Waals surface area contributed by atoms with Crippen molar-refractivity contribution in [2.75, 3.05) is 41.5 Å².